The number of hydrogen-bond donors (Lipinski definition) is 0. The fourth-order valence-electron chi connectivity index (χ4n) is 10.4. The predicted octanol–water partition coefficient (Wildman–Crippen LogP) is 14.5. The molecule has 0 aliphatic heterocycles. The van der Waals surface area contributed by atoms with Crippen molar-refractivity contribution in [3.05, 3.63) is 195 Å². The molecule has 9 rings (SSSR count). The Bertz CT molecular complexity index is 2690. The van der Waals surface area contributed by atoms with E-state index >= 15 is 0 Å². The van der Waals surface area contributed by atoms with E-state index in [-0.39, 0.29) is 11.5 Å². The van der Waals surface area contributed by atoms with Crippen molar-refractivity contribution in [2.75, 3.05) is 11.9 Å². The zero-order valence-corrected chi connectivity index (χ0v) is 34.9. The van der Waals surface area contributed by atoms with Crippen LogP contribution >= 0.6 is 0 Å². The van der Waals surface area contributed by atoms with Crippen molar-refractivity contribution in [1.82, 2.24) is 0 Å². The molecule has 0 saturated heterocycles. The van der Waals surface area contributed by atoms with Gasteiger partial charge in [-0.25, -0.2) is 0 Å². The number of aryl methyl sites for hydroxylation is 2. The molecule has 0 bridgehead atoms. The molecule has 1 nitrogen and oxygen atoms in total. The van der Waals surface area contributed by atoms with Gasteiger partial charge < -0.3 is 4.90 Å². The van der Waals surface area contributed by atoms with Crippen LogP contribution in [0.4, 0.5) is 5.69 Å². The quantitative estimate of drug-likeness (QED) is 0.133. The van der Waals surface area contributed by atoms with E-state index in [4.69, 9.17) is 0 Å². The third-order valence-electron chi connectivity index (χ3n) is 13.2. The van der Waals surface area contributed by atoms with Crippen LogP contribution in [0.5, 0.6) is 0 Å². The zero-order valence-electron chi connectivity index (χ0n) is 34.9. The molecule has 0 heterocycles. The van der Waals surface area contributed by atoms with Crippen LogP contribution in [0.3, 0.4) is 0 Å². The maximum absolute atomic E-state index is 3.53. The fraction of sp³-hybridized carbons (Fsp3) is 0.228. The van der Waals surface area contributed by atoms with E-state index in [1.54, 1.807) is 0 Å². The van der Waals surface area contributed by atoms with Crippen LogP contribution in [0.25, 0.3) is 45.0 Å². The molecule has 0 aromatic heterocycles. The van der Waals surface area contributed by atoms with Crippen LogP contribution < -0.4 is 4.90 Å². The first-order valence-corrected chi connectivity index (χ1v) is 21.4. The number of benzene rings is 6. The maximum atomic E-state index is 3.53. The lowest BCUT2D eigenvalue weighted by atomic mass is 9.69. The summed E-state index contributed by atoms with van der Waals surface area (Å²) in [7, 11) is 2.25. The van der Waals surface area contributed by atoms with Gasteiger partial charge in [-0.15, -0.1) is 0 Å². The summed E-state index contributed by atoms with van der Waals surface area (Å²) >= 11 is 0. The Balaban J connectivity index is 1.25. The topological polar surface area (TPSA) is 3.24 Å². The van der Waals surface area contributed by atoms with Crippen molar-refractivity contribution < 1.29 is 0 Å². The largest absolute Gasteiger partial charge is 0.368 e. The lowest BCUT2D eigenvalue weighted by Crippen LogP contribution is -2.26. The van der Waals surface area contributed by atoms with Gasteiger partial charge in [-0.2, -0.15) is 0 Å². The minimum absolute atomic E-state index is 0.115. The molecule has 3 aliphatic rings. The van der Waals surface area contributed by atoms with E-state index in [0.29, 0.717) is 0 Å². The van der Waals surface area contributed by atoms with Crippen LogP contribution in [0.2, 0.25) is 0 Å². The third kappa shape index (κ3) is 5.84. The van der Waals surface area contributed by atoms with Crippen molar-refractivity contribution in [2.24, 2.45) is 0 Å². The minimum Gasteiger partial charge on any atom is -0.368 e. The molecular formula is C57H53N. The fourth-order valence-corrected chi connectivity index (χ4v) is 10.4. The number of allylic oxidation sites excluding steroid dienone is 5. The Morgan fingerprint density at radius 3 is 2.10 bits per heavy atom. The lowest BCUT2D eigenvalue weighted by Gasteiger charge is -2.33. The van der Waals surface area contributed by atoms with Crippen molar-refractivity contribution in [3.63, 3.8) is 0 Å². The summed E-state index contributed by atoms with van der Waals surface area (Å²) in [4.78, 5) is 2.46. The van der Waals surface area contributed by atoms with E-state index in [1.165, 1.54) is 100 Å². The molecule has 0 saturated carbocycles. The summed E-state index contributed by atoms with van der Waals surface area (Å²) in [5.41, 5.74) is 23.8. The Morgan fingerprint density at radius 1 is 0.690 bits per heavy atom. The van der Waals surface area contributed by atoms with E-state index in [1.807, 2.05) is 0 Å². The molecule has 6 aromatic rings. The van der Waals surface area contributed by atoms with Gasteiger partial charge in [0.2, 0.25) is 0 Å². The molecular weight excluding hydrogens is 699 g/mol. The first-order chi connectivity index (χ1) is 28.4. The molecule has 58 heavy (non-hydrogen) atoms. The van der Waals surface area contributed by atoms with E-state index < -0.39 is 0 Å². The second-order valence-electron chi connectivity index (χ2n) is 16.2. The number of hydrogen-bond acceptors (Lipinski definition) is 1. The highest BCUT2D eigenvalue weighted by Crippen LogP contribution is 2.63. The van der Waals surface area contributed by atoms with Crippen LogP contribution in [-0.2, 0) is 18.3 Å². The van der Waals surface area contributed by atoms with Gasteiger partial charge in [0.1, 0.15) is 0 Å². The van der Waals surface area contributed by atoms with E-state index in [0.717, 1.165) is 32.1 Å². The first kappa shape index (κ1) is 37.5. The van der Waals surface area contributed by atoms with Gasteiger partial charge in [0, 0.05) is 25.6 Å². The summed E-state index contributed by atoms with van der Waals surface area (Å²) in [6.07, 6.45) is 13.8. The molecule has 1 heteroatoms. The van der Waals surface area contributed by atoms with Crippen molar-refractivity contribution in [2.45, 2.75) is 78.2 Å². The summed E-state index contributed by atoms with van der Waals surface area (Å²) in [6.45, 7) is 11.4. The average molecular weight is 752 g/mol. The molecule has 1 atom stereocenters. The van der Waals surface area contributed by atoms with Crippen LogP contribution in [-0.4, -0.2) is 7.05 Å². The Kier molecular flexibility index (Phi) is 9.91. The zero-order chi connectivity index (χ0) is 40.0. The van der Waals surface area contributed by atoms with Crippen molar-refractivity contribution >= 4 is 17.3 Å². The maximum Gasteiger partial charge on any atom is 0.0722 e. The summed E-state index contributed by atoms with van der Waals surface area (Å²) < 4.78 is 0. The van der Waals surface area contributed by atoms with Crippen molar-refractivity contribution in [1.29, 1.82) is 0 Å². The van der Waals surface area contributed by atoms with Gasteiger partial charge in [-0.1, -0.05) is 160 Å². The van der Waals surface area contributed by atoms with Crippen molar-refractivity contribution in [3.8, 4) is 45.2 Å². The third-order valence-corrected chi connectivity index (χ3v) is 13.2. The Morgan fingerprint density at radius 2 is 1.38 bits per heavy atom. The molecule has 6 aromatic carbocycles. The standard InChI is InChI=1S/C57H53N/c1-7-10-26-51-44(9-3)48-34-33-43(37-54(48)57(51)52-27-18-16-24-46(52)47-25-17-19-28-53(47)57)42-31-30-40(8-2)50(36-42)49-35-32-41-22-13-11-12-14-23-45(41)56(49)39(5)58(6)55-29-20-15-21-38(55)4/h10,13,15-22,24-37,39H,7-9,11,23H2,1-6H3/b22-13?,26-10-. The molecule has 0 N–H and O–H groups in total. The second-order valence-corrected chi connectivity index (χ2v) is 16.2. The van der Waals surface area contributed by atoms with Crippen LogP contribution in [0.15, 0.2) is 145 Å². The summed E-state index contributed by atoms with van der Waals surface area (Å²) in [6, 6.07) is 46.4. The normalized spacial score (nSPS) is 15.0. The molecule has 0 amide bonds. The van der Waals surface area contributed by atoms with Gasteiger partial charge in [0.15, 0.2) is 0 Å². The summed E-state index contributed by atoms with van der Waals surface area (Å²) in [5, 5.41) is 0. The first-order valence-electron chi connectivity index (χ1n) is 21.4. The molecule has 1 unspecified atom stereocenters. The smallest absolute Gasteiger partial charge is 0.0722 e. The van der Waals surface area contributed by atoms with Crippen LogP contribution in [0, 0.1) is 18.8 Å². The number of para-hydroxylation sites is 1. The summed E-state index contributed by atoms with van der Waals surface area (Å²) in [5.74, 6) is 6.92. The predicted molar refractivity (Wildman–Crippen MR) is 248 cm³/mol. The number of fused-ring (bicyclic) bond motifs is 8. The molecule has 286 valence electrons. The Labute approximate surface area is 346 Å². The highest BCUT2D eigenvalue weighted by atomic mass is 15.1. The SMILES string of the molecule is CC/C=C\C1=C(CC)c2ccc(-c3ccc(CC)c(-c4ccc5c(c4C(C)N(C)c4ccccc4C)CC#CCC=C5)c3)cc2C12c1ccccc1-c1ccccc12. The second kappa shape index (κ2) is 15.3. The van der Waals surface area contributed by atoms with E-state index in [2.05, 4.69) is 204 Å². The van der Waals surface area contributed by atoms with Gasteiger partial charge >= 0.3 is 0 Å². The average Bonchev–Trinajstić information content (AvgIpc) is 3.71. The molecule has 0 radical (unpaired) electrons. The Hall–Kier alpha value is -6.10. The van der Waals surface area contributed by atoms with Gasteiger partial charge in [-0.05, 0) is 146 Å². The highest BCUT2D eigenvalue weighted by Gasteiger charge is 2.51. The lowest BCUT2D eigenvalue weighted by molar-refractivity contribution is 0.731. The molecule has 3 aliphatic carbocycles. The molecule has 1 spiro atoms. The van der Waals surface area contributed by atoms with E-state index in [9.17, 15) is 0 Å². The highest BCUT2D eigenvalue weighted by molar-refractivity contribution is 5.96. The van der Waals surface area contributed by atoms with Crippen LogP contribution in [0.1, 0.15) is 103 Å². The number of anilines is 1. The minimum atomic E-state index is -0.366. The van der Waals surface area contributed by atoms with Gasteiger partial charge in [0.05, 0.1) is 11.5 Å². The molecule has 0 fully saturated rings. The monoisotopic (exact) mass is 751 g/mol. The number of nitrogens with zero attached hydrogens (tertiary/aromatic N) is 1. The number of rotatable bonds is 9. The van der Waals surface area contributed by atoms with Gasteiger partial charge in [0.25, 0.3) is 0 Å². The van der Waals surface area contributed by atoms with Gasteiger partial charge in [-0.3, -0.25) is 0 Å².